The average Bonchev–Trinajstić information content (AvgIpc) is 3.49. The molecule has 0 aliphatic carbocycles. The lowest BCUT2D eigenvalue weighted by molar-refractivity contribution is 1.18. The molecule has 0 spiro atoms. The van der Waals surface area contributed by atoms with Crippen LogP contribution >= 0.6 is 0 Å². The minimum atomic E-state index is 1.13. The second-order valence-corrected chi connectivity index (χ2v) is 7.64. The molecular weight excluding hydrogens is 344 g/mol. The van der Waals surface area contributed by atoms with Gasteiger partial charge in [0.1, 0.15) is 0 Å². The molecular formula is C24H24N4. The molecule has 0 radical (unpaired) electrons. The van der Waals surface area contributed by atoms with Crippen LogP contribution in [0.15, 0.2) is 48.5 Å². The van der Waals surface area contributed by atoms with Crippen LogP contribution in [0.5, 0.6) is 0 Å². The Balaban J connectivity index is 1.90. The van der Waals surface area contributed by atoms with Gasteiger partial charge in [0.2, 0.25) is 0 Å². The number of nitrogens with one attached hydrogen (secondary N) is 4. The van der Waals surface area contributed by atoms with E-state index in [2.05, 4.69) is 96.2 Å². The van der Waals surface area contributed by atoms with E-state index < -0.39 is 0 Å². The Labute approximate surface area is 163 Å². The number of hydrogen-bond donors (Lipinski definition) is 4. The molecule has 4 nitrogen and oxygen atoms in total. The fourth-order valence-corrected chi connectivity index (χ4v) is 3.91. The largest absolute Gasteiger partial charge is 0.355 e. The first-order chi connectivity index (χ1) is 13.5. The van der Waals surface area contributed by atoms with Crippen molar-refractivity contribution in [2.45, 2.75) is 27.7 Å². The Morgan fingerprint density at radius 2 is 0.607 bits per heavy atom. The van der Waals surface area contributed by atoms with Crippen LogP contribution < -0.4 is 21.4 Å². The number of hydrogen-bond acceptors (Lipinski definition) is 0. The third kappa shape index (κ3) is 2.53. The molecule has 4 heteroatoms. The molecule has 5 heterocycles. The van der Waals surface area contributed by atoms with E-state index in [0.29, 0.717) is 0 Å². The molecule has 140 valence electrons. The summed E-state index contributed by atoms with van der Waals surface area (Å²) in [6, 6.07) is 17.2. The van der Waals surface area contributed by atoms with E-state index >= 15 is 0 Å². The molecule has 4 aromatic rings. The van der Waals surface area contributed by atoms with E-state index in [-0.39, 0.29) is 0 Å². The van der Waals surface area contributed by atoms with Crippen molar-refractivity contribution in [2.24, 2.45) is 0 Å². The Bertz CT molecular complexity index is 1230. The zero-order valence-corrected chi connectivity index (χ0v) is 16.6. The van der Waals surface area contributed by atoms with Gasteiger partial charge in [-0.3, -0.25) is 0 Å². The molecule has 0 saturated carbocycles. The topological polar surface area (TPSA) is 63.2 Å². The standard InChI is InChI=1S/C24H24N4/c1-13-17-5-7-19(25-17)14(2)21-9-11-23(27-21)16(4)24-12-10-22(28-24)15(3)20-8-6-18(13)26-20/h5-12,25-28H,1-4H3. The van der Waals surface area contributed by atoms with Crippen LogP contribution in [0.3, 0.4) is 0 Å². The van der Waals surface area contributed by atoms with Crippen molar-refractivity contribution in [1.29, 1.82) is 0 Å². The number of rotatable bonds is 0. The first-order valence-corrected chi connectivity index (χ1v) is 9.64. The summed E-state index contributed by atoms with van der Waals surface area (Å²) >= 11 is 0. The van der Waals surface area contributed by atoms with Crippen LogP contribution in [-0.4, -0.2) is 19.9 Å². The van der Waals surface area contributed by atoms with Gasteiger partial charge in [0.25, 0.3) is 0 Å². The van der Waals surface area contributed by atoms with Gasteiger partial charge in [0.15, 0.2) is 0 Å². The molecule has 1 aliphatic rings. The molecule has 28 heavy (non-hydrogen) atoms. The summed E-state index contributed by atoms with van der Waals surface area (Å²) in [5.74, 6) is 0. The Hall–Kier alpha value is -3.40. The average molecular weight is 368 g/mol. The maximum Gasteiger partial charge on any atom is 0.0435 e. The van der Waals surface area contributed by atoms with Crippen LogP contribution in [0.2, 0.25) is 0 Å². The summed E-state index contributed by atoms with van der Waals surface area (Å²) in [4.78, 5) is 14.3. The molecule has 0 unspecified atom stereocenters. The first kappa shape index (κ1) is 16.8. The fraction of sp³-hybridized carbons (Fsp3) is 0.167. The summed E-state index contributed by atoms with van der Waals surface area (Å²) in [7, 11) is 0. The summed E-state index contributed by atoms with van der Waals surface area (Å²) in [6.45, 7) is 8.60. The van der Waals surface area contributed by atoms with Crippen molar-refractivity contribution in [3.63, 3.8) is 0 Å². The van der Waals surface area contributed by atoms with Crippen LogP contribution in [0.1, 0.15) is 50.5 Å². The van der Waals surface area contributed by atoms with E-state index in [9.17, 15) is 0 Å². The fourth-order valence-electron chi connectivity index (χ4n) is 3.91. The Morgan fingerprint density at radius 3 is 0.857 bits per heavy atom. The summed E-state index contributed by atoms with van der Waals surface area (Å²) in [5.41, 5.74) is 9.33. The summed E-state index contributed by atoms with van der Waals surface area (Å²) in [5, 5.41) is 4.52. The van der Waals surface area contributed by atoms with Gasteiger partial charge < -0.3 is 19.9 Å². The van der Waals surface area contributed by atoms with Gasteiger partial charge in [-0.15, -0.1) is 0 Å². The van der Waals surface area contributed by atoms with Gasteiger partial charge in [-0.25, -0.2) is 0 Å². The summed E-state index contributed by atoms with van der Waals surface area (Å²) < 4.78 is 0. The highest BCUT2D eigenvalue weighted by Gasteiger charge is 2.08. The van der Waals surface area contributed by atoms with Crippen LogP contribution in [0.25, 0.3) is 22.3 Å². The molecule has 4 aromatic heterocycles. The number of aromatic nitrogens is 4. The highest BCUT2D eigenvalue weighted by Crippen LogP contribution is 2.16. The SMILES string of the molecule is CC1=c2ccc([nH]2)=C(C)c2ccc([nH]2)C(C)=c2ccc([nH]2)=C(C)c2ccc1[nH]2. The van der Waals surface area contributed by atoms with Gasteiger partial charge in [-0.05, 0) is 98.5 Å². The van der Waals surface area contributed by atoms with E-state index in [1.54, 1.807) is 0 Å². The third-order valence-corrected chi connectivity index (χ3v) is 5.98. The second kappa shape index (κ2) is 6.06. The second-order valence-electron chi connectivity index (χ2n) is 7.64. The van der Waals surface area contributed by atoms with Crippen molar-refractivity contribution in [2.75, 3.05) is 0 Å². The smallest absolute Gasteiger partial charge is 0.0435 e. The van der Waals surface area contributed by atoms with Crippen LogP contribution in [0.4, 0.5) is 0 Å². The van der Waals surface area contributed by atoms with Gasteiger partial charge in [0, 0.05) is 44.2 Å². The molecule has 0 amide bonds. The molecule has 0 aromatic carbocycles. The molecule has 8 bridgehead atoms. The lowest BCUT2D eigenvalue weighted by Crippen LogP contribution is -2.16. The highest BCUT2D eigenvalue weighted by atomic mass is 14.8. The third-order valence-electron chi connectivity index (χ3n) is 5.98. The highest BCUT2D eigenvalue weighted by molar-refractivity contribution is 5.69. The molecule has 4 N–H and O–H groups in total. The first-order valence-electron chi connectivity index (χ1n) is 9.64. The maximum atomic E-state index is 3.58. The number of aromatic amines is 4. The number of fused-ring (bicyclic) bond motifs is 8. The molecule has 0 saturated heterocycles. The van der Waals surface area contributed by atoms with Crippen molar-refractivity contribution < 1.29 is 0 Å². The van der Waals surface area contributed by atoms with E-state index in [4.69, 9.17) is 0 Å². The molecule has 5 rings (SSSR count). The van der Waals surface area contributed by atoms with Crippen molar-refractivity contribution in [3.05, 3.63) is 92.7 Å². The van der Waals surface area contributed by atoms with E-state index in [0.717, 1.165) is 44.2 Å². The van der Waals surface area contributed by atoms with Crippen molar-refractivity contribution in [1.82, 2.24) is 19.9 Å². The minimum absolute atomic E-state index is 1.13. The van der Waals surface area contributed by atoms with Crippen molar-refractivity contribution in [3.8, 4) is 0 Å². The number of H-pyrrole nitrogens is 4. The maximum absolute atomic E-state index is 3.58. The zero-order valence-electron chi connectivity index (χ0n) is 16.6. The van der Waals surface area contributed by atoms with Gasteiger partial charge in [-0.2, -0.15) is 0 Å². The molecule has 0 atom stereocenters. The predicted octanol–water partition coefficient (Wildman–Crippen LogP) is 2.19. The quantitative estimate of drug-likeness (QED) is 0.368. The van der Waals surface area contributed by atoms with E-state index in [1.807, 2.05) is 0 Å². The Kier molecular flexibility index (Phi) is 3.63. The van der Waals surface area contributed by atoms with E-state index in [1.165, 1.54) is 22.3 Å². The monoisotopic (exact) mass is 368 g/mol. The predicted molar refractivity (Wildman–Crippen MR) is 114 cm³/mol. The summed E-state index contributed by atoms with van der Waals surface area (Å²) in [6.07, 6.45) is 0. The lowest BCUT2D eigenvalue weighted by atomic mass is 10.2. The minimum Gasteiger partial charge on any atom is -0.355 e. The van der Waals surface area contributed by atoms with Gasteiger partial charge in [0.05, 0.1) is 0 Å². The lowest BCUT2D eigenvalue weighted by Gasteiger charge is -2.01. The van der Waals surface area contributed by atoms with Crippen molar-refractivity contribution >= 4 is 22.3 Å². The van der Waals surface area contributed by atoms with Crippen LogP contribution in [0, 0.1) is 0 Å². The van der Waals surface area contributed by atoms with Gasteiger partial charge in [-0.1, -0.05) is 0 Å². The van der Waals surface area contributed by atoms with Crippen LogP contribution in [-0.2, 0) is 0 Å². The normalized spacial score (nSPS) is 14.1. The molecule has 1 aliphatic heterocycles. The Morgan fingerprint density at radius 1 is 0.357 bits per heavy atom. The van der Waals surface area contributed by atoms with Gasteiger partial charge >= 0.3 is 0 Å². The zero-order chi connectivity index (χ0) is 19.4. The molecule has 0 fully saturated rings.